The third-order valence-corrected chi connectivity index (χ3v) is 8.64. The summed E-state index contributed by atoms with van der Waals surface area (Å²) in [4.78, 5) is 4.52. The monoisotopic (exact) mass is 413 g/mol. The first-order valence-corrected chi connectivity index (χ1v) is 11.3. The van der Waals surface area contributed by atoms with E-state index in [4.69, 9.17) is 4.74 Å². The van der Waals surface area contributed by atoms with Crippen LogP contribution in [0, 0.1) is 11.8 Å². The molecule has 0 amide bonds. The summed E-state index contributed by atoms with van der Waals surface area (Å²) in [6.45, 7) is 6.26. The summed E-state index contributed by atoms with van der Waals surface area (Å²) in [6.07, 6.45) is 5.77. The third-order valence-electron chi connectivity index (χ3n) is 8.64. The lowest BCUT2D eigenvalue weighted by molar-refractivity contribution is -1.03. The third kappa shape index (κ3) is 2.40. The predicted octanol–water partition coefficient (Wildman–Crippen LogP) is 4.64. The summed E-state index contributed by atoms with van der Waals surface area (Å²) in [6, 6.07) is 18.9. The molecule has 1 aromatic heterocycles. The molecular weight excluding hydrogens is 384 g/mol. The molecule has 3 heterocycles. The zero-order valence-electron chi connectivity index (χ0n) is 17.9. The molecule has 1 spiro atoms. The number of ether oxygens (including phenoxy) is 1. The van der Waals surface area contributed by atoms with E-state index in [1.54, 1.807) is 7.11 Å². The fraction of sp³-hybridized carbons (Fsp3) is 0.370. The number of rotatable bonds is 6. The van der Waals surface area contributed by atoms with Gasteiger partial charge in [-0.15, -0.1) is 6.58 Å². The van der Waals surface area contributed by atoms with Crippen molar-refractivity contribution in [3.8, 4) is 5.75 Å². The Morgan fingerprint density at radius 2 is 2.10 bits per heavy atom. The molecule has 1 aliphatic carbocycles. The first-order valence-electron chi connectivity index (χ1n) is 11.3. The van der Waals surface area contributed by atoms with Crippen molar-refractivity contribution >= 4 is 10.9 Å². The molecule has 6 rings (SSSR count). The summed E-state index contributed by atoms with van der Waals surface area (Å²) >= 11 is 0. The van der Waals surface area contributed by atoms with Gasteiger partial charge in [-0.25, -0.2) is 0 Å². The van der Waals surface area contributed by atoms with E-state index in [1.165, 1.54) is 12.0 Å². The maximum Gasteiger partial charge on any atom is 0.131 e. The van der Waals surface area contributed by atoms with E-state index in [0.29, 0.717) is 11.8 Å². The van der Waals surface area contributed by atoms with Gasteiger partial charge in [0.1, 0.15) is 30.0 Å². The molecule has 158 valence electrons. The molecule has 2 aromatic carbocycles. The number of aliphatic hydroxyl groups excluding tert-OH is 1. The largest absolute Gasteiger partial charge is 0.497 e. The summed E-state index contributed by atoms with van der Waals surface area (Å²) in [5.74, 6) is 2.02. The lowest BCUT2D eigenvalue weighted by Crippen LogP contribution is -2.70. The lowest BCUT2D eigenvalue weighted by atomic mass is 9.86. The summed E-state index contributed by atoms with van der Waals surface area (Å²) in [5.41, 5.74) is 3.51. The minimum atomic E-state index is -0.531. The molecular formula is C27H29N2O2+. The van der Waals surface area contributed by atoms with Gasteiger partial charge < -0.3 is 14.3 Å². The van der Waals surface area contributed by atoms with Crippen molar-refractivity contribution in [3.05, 3.63) is 84.6 Å². The predicted molar refractivity (Wildman–Crippen MR) is 121 cm³/mol. The van der Waals surface area contributed by atoms with Crippen LogP contribution in [0.5, 0.6) is 5.75 Å². The maximum absolute atomic E-state index is 11.8. The molecule has 3 aliphatic rings. The van der Waals surface area contributed by atoms with E-state index in [1.807, 2.05) is 30.5 Å². The van der Waals surface area contributed by atoms with Crippen LogP contribution in [-0.4, -0.2) is 39.8 Å². The summed E-state index contributed by atoms with van der Waals surface area (Å²) in [5, 5.41) is 12.8. The van der Waals surface area contributed by atoms with E-state index in [2.05, 4.69) is 48.0 Å². The Morgan fingerprint density at radius 1 is 1.26 bits per heavy atom. The zero-order chi connectivity index (χ0) is 21.2. The van der Waals surface area contributed by atoms with Gasteiger partial charge in [0.05, 0.1) is 25.6 Å². The molecule has 6 atom stereocenters. The van der Waals surface area contributed by atoms with E-state index >= 15 is 0 Å². The molecule has 2 saturated heterocycles. The van der Waals surface area contributed by atoms with Crippen molar-refractivity contribution in [2.24, 2.45) is 11.8 Å². The Morgan fingerprint density at radius 3 is 2.81 bits per heavy atom. The molecule has 3 fully saturated rings. The maximum atomic E-state index is 11.8. The van der Waals surface area contributed by atoms with Gasteiger partial charge in [-0.1, -0.05) is 36.4 Å². The molecule has 1 saturated carbocycles. The van der Waals surface area contributed by atoms with Gasteiger partial charge >= 0.3 is 0 Å². The van der Waals surface area contributed by atoms with Crippen molar-refractivity contribution in [1.82, 2.24) is 4.98 Å². The van der Waals surface area contributed by atoms with E-state index in [0.717, 1.165) is 46.2 Å². The fourth-order valence-electron chi connectivity index (χ4n) is 7.22. The normalized spacial score (nSPS) is 33.8. The number of fused-ring (bicyclic) bond motifs is 1. The standard InChI is InChI=1S/C27H29N2O2/c1-3-22-23-16-25(29(14-12-27(22,23)29)17-18-7-5-4-6-8-18)26(30)20-11-13-28-24-10-9-19(31-2)15-21(20)24/h3-11,13,15,22-23,25-26,30H,1,12,14,16-17H2,2H3/q+1. The number of hydrogen-bond donors (Lipinski definition) is 1. The van der Waals surface area contributed by atoms with Crippen LogP contribution >= 0.6 is 0 Å². The molecule has 4 heteroatoms. The van der Waals surface area contributed by atoms with Gasteiger partial charge in [0.2, 0.25) is 0 Å². The van der Waals surface area contributed by atoms with Crippen molar-refractivity contribution in [1.29, 1.82) is 0 Å². The smallest absolute Gasteiger partial charge is 0.131 e. The van der Waals surface area contributed by atoms with E-state index in [9.17, 15) is 5.11 Å². The highest BCUT2D eigenvalue weighted by Gasteiger charge is 2.86. The molecule has 4 nitrogen and oxygen atoms in total. The number of piperidine rings is 1. The van der Waals surface area contributed by atoms with Crippen molar-refractivity contribution in [2.45, 2.75) is 37.1 Å². The zero-order valence-corrected chi connectivity index (χ0v) is 17.9. The van der Waals surface area contributed by atoms with Crippen LogP contribution < -0.4 is 4.74 Å². The minimum Gasteiger partial charge on any atom is -0.497 e. The lowest BCUT2D eigenvalue weighted by Gasteiger charge is -2.57. The number of hydrogen-bond acceptors (Lipinski definition) is 3. The highest BCUT2D eigenvalue weighted by atomic mass is 16.5. The molecule has 0 radical (unpaired) electrons. The Kier molecular flexibility index (Phi) is 4.08. The van der Waals surface area contributed by atoms with Crippen molar-refractivity contribution in [3.63, 3.8) is 0 Å². The molecule has 2 aliphatic heterocycles. The van der Waals surface area contributed by atoms with Crippen LogP contribution in [0.4, 0.5) is 0 Å². The van der Waals surface area contributed by atoms with Crippen molar-refractivity contribution < 1.29 is 14.3 Å². The number of aliphatic hydroxyl groups is 1. The molecule has 1 N–H and O–H groups in total. The van der Waals surface area contributed by atoms with Gasteiger partial charge in [0.15, 0.2) is 0 Å². The average molecular weight is 414 g/mol. The van der Waals surface area contributed by atoms with Gasteiger partial charge in [0, 0.05) is 35.4 Å². The van der Waals surface area contributed by atoms with Gasteiger partial charge in [0.25, 0.3) is 0 Å². The molecule has 3 aromatic rings. The van der Waals surface area contributed by atoms with Crippen LogP contribution in [0.25, 0.3) is 10.9 Å². The Labute approximate surface area is 183 Å². The molecule has 31 heavy (non-hydrogen) atoms. The Bertz CT molecular complexity index is 1160. The Balaban J connectivity index is 1.43. The number of benzene rings is 2. The van der Waals surface area contributed by atoms with Crippen LogP contribution in [0.1, 0.15) is 30.1 Å². The first-order chi connectivity index (χ1) is 15.1. The first kappa shape index (κ1) is 19.0. The second-order valence-corrected chi connectivity index (χ2v) is 9.54. The van der Waals surface area contributed by atoms with Crippen molar-refractivity contribution in [2.75, 3.05) is 13.7 Å². The number of quaternary nitrogens is 1. The van der Waals surface area contributed by atoms with Crippen LogP contribution in [0.15, 0.2) is 73.4 Å². The minimum absolute atomic E-state index is 0.187. The van der Waals surface area contributed by atoms with Crippen LogP contribution in [0.3, 0.4) is 0 Å². The van der Waals surface area contributed by atoms with Gasteiger partial charge in [-0.2, -0.15) is 0 Å². The van der Waals surface area contributed by atoms with E-state index < -0.39 is 6.10 Å². The van der Waals surface area contributed by atoms with Crippen LogP contribution in [-0.2, 0) is 6.54 Å². The van der Waals surface area contributed by atoms with Crippen LogP contribution in [0.2, 0.25) is 0 Å². The highest BCUT2D eigenvalue weighted by molar-refractivity contribution is 5.84. The summed E-state index contributed by atoms with van der Waals surface area (Å²) in [7, 11) is 1.68. The number of pyridine rings is 1. The second kappa shape index (κ2) is 6.65. The fourth-order valence-corrected chi connectivity index (χ4v) is 7.22. The number of methoxy groups -OCH3 is 1. The SMILES string of the molecule is C=CC1C2CC(C(O)c3ccnc4ccc(OC)cc34)[N+]3(Cc4ccccc4)CCC123. The van der Waals surface area contributed by atoms with Gasteiger partial charge in [-0.3, -0.25) is 4.98 Å². The topological polar surface area (TPSA) is 42.4 Å². The molecule has 6 unspecified atom stereocenters. The Hall–Kier alpha value is -2.69. The average Bonchev–Trinajstić information content (AvgIpc) is 3.45. The number of aromatic nitrogens is 1. The van der Waals surface area contributed by atoms with Gasteiger partial charge in [-0.05, 0) is 29.8 Å². The summed E-state index contributed by atoms with van der Waals surface area (Å²) < 4.78 is 6.45. The van der Waals surface area contributed by atoms with E-state index in [-0.39, 0.29) is 11.6 Å². The quantitative estimate of drug-likeness (QED) is 0.473. The number of nitrogens with zero attached hydrogens (tertiary/aromatic N) is 2. The second-order valence-electron chi connectivity index (χ2n) is 9.54. The highest BCUT2D eigenvalue weighted by Crippen LogP contribution is 2.75. The molecule has 0 bridgehead atoms.